The molecule has 0 unspecified atom stereocenters. The van der Waals surface area contributed by atoms with Crippen molar-refractivity contribution < 1.29 is 14.3 Å². The van der Waals surface area contributed by atoms with Gasteiger partial charge in [-0.3, -0.25) is 4.79 Å². The van der Waals surface area contributed by atoms with Crippen LogP contribution in [0.1, 0.15) is 30.7 Å². The Morgan fingerprint density at radius 2 is 1.72 bits per heavy atom. The fourth-order valence-corrected chi connectivity index (χ4v) is 4.06. The summed E-state index contributed by atoms with van der Waals surface area (Å²) in [5.74, 6) is 1.28. The van der Waals surface area contributed by atoms with Gasteiger partial charge in [-0.2, -0.15) is 0 Å². The number of benzene rings is 2. The Balaban J connectivity index is 1.75. The molecule has 0 aliphatic rings. The number of nitrogens with zero attached hydrogens (tertiary/aromatic N) is 1. The van der Waals surface area contributed by atoms with Crippen LogP contribution in [0.4, 0.5) is 5.69 Å². The first-order chi connectivity index (χ1) is 14.1. The molecule has 0 aliphatic carbocycles. The molecular weight excluding hydrogens is 384 g/mol. The van der Waals surface area contributed by atoms with E-state index in [2.05, 4.69) is 36.3 Å². The number of ether oxygens (including phenoxy) is 2. The Labute approximate surface area is 175 Å². The number of nitrogens with one attached hydrogen (secondary N) is 1. The van der Waals surface area contributed by atoms with E-state index in [1.165, 1.54) is 11.3 Å². The third-order valence-electron chi connectivity index (χ3n) is 4.79. The lowest BCUT2D eigenvalue weighted by atomic mass is 10.0. The van der Waals surface area contributed by atoms with Gasteiger partial charge in [0, 0.05) is 16.6 Å². The van der Waals surface area contributed by atoms with E-state index >= 15 is 0 Å². The first-order valence-corrected chi connectivity index (χ1v) is 10.5. The summed E-state index contributed by atoms with van der Waals surface area (Å²) in [6.45, 7) is 4.19. The minimum Gasteiger partial charge on any atom is -0.493 e. The fourth-order valence-electron chi connectivity index (χ4n) is 3.24. The van der Waals surface area contributed by atoms with E-state index in [1.54, 1.807) is 14.2 Å². The summed E-state index contributed by atoms with van der Waals surface area (Å²) in [6, 6.07) is 11.9. The number of thiazole rings is 1. The molecule has 0 atom stereocenters. The van der Waals surface area contributed by atoms with Crippen molar-refractivity contribution >= 4 is 22.9 Å². The van der Waals surface area contributed by atoms with Crippen LogP contribution in [-0.4, -0.2) is 25.1 Å². The SMILES string of the molecule is CCc1cccc(CC)c1NC(=O)Cc1csc(-c2ccc(OC)c(OC)c2)n1. The van der Waals surface area contributed by atoms with Gasteiger partial charge in [0.05, 0.1) is 26.3 Å². The maximum Gasteiger partial charge on any atom is 0.230 e. The predicted octanol–water partition coefficient (Wildman–Crippen LogP) is 5.13. The lowest BCUT2D eigenvalue weighted by Gasteiger charge is -2.14. The molecule has 0 bridgehead atoms. The van der Waals surface area contributed by atoms with Crippen molar-refractivity contribution in [2.24, 2.45) is 0 Å². The van der Waals surface area contributed by atoms with Crippen molar-refractivity contribution in [3.05, 3.63) is 58.6 Å². The second-order valence-corrected chi connectivity index (χ2v) is 7.46. The van der Waals surface area contributed by atoms with Crippen LogP contribution in [0.25, 0.3) is 10.6 Å². The van der Waals surface area contributed by atoms with Crippen molar-refractivity contribution in [3.63, 3.8) is 0 Å². The third kappa shape index (κ3) is 4.77. The molecule has 1 heterocycles. The van der Waals surface area contributed by atoms with Gasteiger partial charge >= 0.3 is 0 Å². The average molecular weight is 411 g/mol. The quantitative estimate of drug-likeness (QED) is 0.559. The largest absolute Gasteiger partial charge is 0.493 e. The molecule has 0 fully saturated rings. The summed E-state index contributed by atoms with van der Waals surface area (Å²) in [5.41, 5.74) is 4.94. The molecule has 0 radical (unpaired) electrons. The predicted molar refractivity (Wildman–Crippen MR) is 118 cm³/mol. The molecule has 6 heteroatoms. The summed E-state index contributed by atoms with van der Waals surface area (Å²) >= 11 is 1.51. The van der Waals surface area contributed by atoms with E-state index in [1.807, 2.05) is 29.6 Å². The summed E-state index contributed by atoms with van der Waals surface area (Å²) < 4.78 is 10.7. The van der Waals surface area contributed by atoms with Crippen molar-refractivity contribution in [1.82, 2.24) is 4.98 Å². The maximum absolute atomic E-state index is 12.7. The molecule has 0 aliphatic heterocycles. The second kappa shape index (κ2) is 9.56. The smallest absolute Gasteiger partial charge is 0.230 e. The lowest BCUT2D eigenvalue weighted by molar-refractivity contribution is -0.115. The number of anilines is 1. The highest BCUT2D eigenvalue weighted by Gasteiger charge is 2.14. The Morgan fingerprint density at radius 3 is 2.34 bits per heavy atom. The number of carbonyl (C=O) groups is 1. The van der Waals surface area contributed by atoms with Gasteiger partial charge in [-0.25, -0.2) is 4.98 Å². The molecule has 1 aromatic heterocycles. The number of aromatic nitrogens is 1. The number of amides is 1. The monoisotopic (exact) mass is 410 g/mol. The Morgan fingerprint density at radius 1 is 1.03 bits per heavy atom. The Hall–Kier alpha value is -2.86. The maximum atomic E-state index is 12.7. The van der Waals surface area contributed by atoms with Crippen LogP contribution in [0.3, 0.4) is 0 Å². The number of carbonyl (C=O) groups excluding carboxylic acids is 1. The molecule has 0 saturated heterocycles. The van der Waals surface area contributed by atoms with Gasteiger partial charge in [0.1, 0.15) is 5.01 Å². The first kappa shape index (κ1) is 20.9. The topological polar surface area (TPSA) is 60.5 Å². The highest BCUT2D eigenvalue weighted by Crippen LogP contribution is 2.33. The number of aryl methyl sites for hydroxylation is 2. The van der Waals surface area contributed by atoms with Crippen molar-refractivity contribution in [1.29, 1.82) is 0 Å². The molecular formula is C23H26N2O3S. The van der Waals surface area contributed by atoms with Gasteiger partial charge in [-0.1, -0.05) is 32.0 Å². The number of methoxy groups -OCH3 is 2. The molecule has 1 N–H and O–H groups in total. The summed E-state index contributed by atoms with van der Waals surface area (Å²) in [5, 5.41) is 5.87. The average Bonchev–Trinajstić information content (AvgIpc) is 3.21. The zero-order valence-corrected chi connectivity index (χ0v) is 18.1. The number of rotatable bonds is 8. The normalized spacial score (nSPS) is 10.6. The molecule has 29 heavy (non-hydrogen) atoms. The number of hydrogen-bond donors (Lipinski definition) is 1. The van der Waals surface area contributed by atoms with Crippen LogP contribution >= 0.6 is 11.3 Å². The highest BCUT2D eigenvalue weighted by atomic mass is 32.1. The van der Waals surface area contributed by atoms with Gasteiger partial charge < -0.3 is 14.8 Å². The molecule has 5 nitrogen and oxygen atoms in total. The van der Waals surface area contributed by atoms with Crippen LogP contribution < -0.4 is 14.8 Å². The van der Waals surface area contributed by atoms with Crippen molar-refractivity contribution in [2.75, 3.05) is 19.5 Å². The summed E-state index contributed by atoms with van der Waals surface area (Å²) in [6.07, 6.45) is 2.00. The summed E-state index contributed by atoms with van der Waals surface area (Å²) in [4.78, 5) is 17.3. The van der Waals surface area contributed by atoms with Crippen LogP contribution in [0.15, 0.2) is 41.8 Å². The third-order valence-corrected chi connectivity index (χ3v) is 5.73. The lowest BCUT2D eigenvalue weighted by Crippen LogP contribution is -2.17. The van der Waals surface area contributed by atoms with Crippen molar-refractivity contribution in [2.45, 2.75) is 33.1 Å². The number of para-hydroxylation sites is 1. The van der Waals surface area contributed by atoms with E-state index in [0.29, 0.717) is 11.5 Å². The van der Waals surface area contributed by atoms with Gasteiger partial charge in [-0.05, 0) is 42.2 Å². The minimum absolute atomic E-state index is 0.0511. The molecule has 3 rings (SSSR count). The first-order valence-electron chi connectivity index (χ1n) is 9.67. The zero-order chi connectivity index (χ0) is 20.8. The number of hydrogen-bond acceptors (Lipinski definition) is 5. The van der Waals surface area contributed by atoms with E-state index in [-0.39, 0.29) is 12.3 Å². The molecule has 0 saturated carbocycles. The van der Waals surface area contributed by atoms with Gasteiger partial charge in [0.15, 0.2) is 11.5 Å². The molecule has 1 amide bonds. The second-order valence-electron chi connectivity index (χ2n) is 6.60. The fraction of sp³-hybridized carbons (Fsp3) is 0.304. The van der Waals surface area contributed by atoms with Gasteiger partial charge in [0.2, 0.25) is 5.91 Å². The molecule has 3 aromatic rings. The van der Waals surface area contributed by atoms with Gasteiger partial charge in [0.25, 0.3) is 0 Å². The molecule has 2 aromatic carbocycles. The van der Waals surface area contributed by atoms with Gasteiger partial charge in [-0.15, -0.1) is 11.3 Å². The summed E-state index contributed by atoms with van der Waals surface area (Å²) in [7, 11) is 3.22. The highest BCUT2D eigenvalue weighted by molar-refractivity contribution is 7.13. The van der Waals surface area contributed by atoms with Crippen LogP contribution in [-0.2, 0) is 24.1 Å². The molecule has 0 spiro atoms. The van der Waals surface area contributed by atoms with E-state index in [0.717, 1.165) is 45.9 Å². The van der Waals surface area contributed by atoms with Crippen LogP contribution in [0, 0.1) is 0 Å². The van der Waals surface area contributed by atoms with E-state index in [4.69, 9.17) is 9.47 Å². The van der Waals surface area contributed by atoms with E-state index in [9.17, 15) is 4.79 Å². The Kier molecular flexibility index (Phi) is 6.88. The van der Waals surface area contributed by atoms with Crippen LogP contribution in [0.5, 0.6) is 11.5 Å². The minimum atomic E-state index is -0.0511. The van der Waals surface area contributed by atoms with Crippen LogP contribution in [0.2, 0.25) is 0 Å². The zero-order valence-electron chi connectivity index (χ0n) is 17.2. The molecule has 152 valence electrons. The standard InChI is InChI=1S/C23H26N2O3S/c1-5-15-8-7-9-16(6-2)22(15)25-21(26)13-18-14-29-23(24-18)17-10-11-19(27-3)20(12-17)28-4/h7-12,14H,5-6,13H2,1-4H3,(H,25,26). The van der Waals surface area contributed by atoms with E-state index < -0.39 is 0 Å². The Bertz CT molecular complexity index is 975. The van der Waals surface area contributed by atoms with Crippen molar-refractivity contribution in [3.8, 4) is 22.1 Å².